The Bertz CT molecular complexity index is 1030. The maximum atomic E-state index is 13.7. The van der Waals surface area contributed by atoms with Gasteiger partial charge in [0.15, 0.2) is 12.2 Å². The monoisotopic (exact) mass is 522 g/mol. The summed E-state index contributed by atoms with van der Waals surface area (Å²) in [5.41, 5.74) is 1.60. The zero-order valence-corrected chi connectivity index (χ0v) is 23.0. The molecule has 8 nitrogen and oxygen atoms in total. The number of carbonyl (C=O) groups is 4. The van der Waals surface area contributed by atoms with Crippen molar-refractivity contribution in [3.63, 3.8) is 0 Å². The van der Waals surface area contributed by atoms with Crippen LogP contribution < -0.4 is 0 Å². The van der Waals surface area contributed by atoms with Crippen molar-refractivity contribution in [3.8, 4) is 0 Å². The van der Waals surface area contributed by atoms with Crippen LogP contribution in [-0.4, -0.2) is 71.9 Å². The minimum Gasteiger partial charge on any atom is -0.450 e. The number of nitrogens with zero attached hydrogens (tertiary/aromatic N) is 2. The third-order valence-electron chi connectivity index (χ3n) is 6.87. The molecule has 3 rings (SSSR count). The van der Waals surface area contributed by atoms with Crippen LogP contribution in [-0.2, 0) is 41.5 Å². The average Bonchev–Trinajstić information content (AvgIpc) is 2.87. The van der Waals surface area contributed by atoms with Gasteiger partial charge in [-0.2, -0.15) is 0 Å². The van der Waals surface area contributed by atoms with Crippen LogP contribution >= 0.6 is 0 Å². The van der Waals surface area contributed by atoms with Gasteiger partial charge in [-0.15, -0.1) is 0 Å². The van der Waals surface area contributed by atoms with Crippen LogP contribution in [0.2, 0.25) is 0 Å². The molecule has 0 aromatic heterocycles. The molecule has 4 atom stereocenters. The Kier molecular flexibility index (Phi) is 9.66. The SMILES string of the molecule is CC(C)[C@H]1C(=O)O[C@@H](Cc2ccccc2)C(=O)N(C)[C@H](C(C)C)C(=O)O[C@H](Cc2ccccc2)C(=O)N1C. The number of likely N-dealkylation sites (N-methyl/N-ethyl adjacent to an activating group) is 2. The number of benzene rings is 2. The zero-order valence-electron chi connectivity index (χ0n) is 23.0. The number of cyclic esters (lactones) is 2. The molecule has 0 saturated carbocycles. The van der Waals surface area contributed by atoms with E-state index in [1.165, 1.54) is 23.9 Å². The second-order valence-electron chi connectivity index (χ2n) is 10.5. The highest BCUT2D eigenvalue weighted by Crippen LogP contribution is 2.22. The van der Waals surface area contributed by atoms with Gasteiger partial charge in [0, 0.05) is 26.9 Å². The summed E-state index contributed by atoms with van der Waals surface area (Å²) in [4.78, 5) is 57.1. The van der Waals surface area contributed by atoms with Gasteiger partial charge in [0.2, 0.25) is 0 Å². The number of hydrogen-bond acceptors (Lipinski definition) is 6. The van der Waals surface area contributed by atoms with Gasteiger partial charge in [-0.1, -0.05) is 88.4 Å². The largest absolute Gasteiger partial charge is 0.450 e. The molecule has 1 heterocycles. The Morgan fingerprint density at radius 2 is 0.921 bits per heavy atom. The summed E-state index contributed by atoms with van der Waals surface area (Å²) in [6.45, 7) is 7.20. The summed E-state index contributed by atoms with van der Waals surface area (Å²) in [6.07, 6.45) is -2.08. The lowest BCUT2D eigenvalue weighted by molar-refractivity contribution is -0.178. The van der Waals surface area contributed by atoms with Gasteiger partial charge in [-0.25, -0.2) is 9.59 Å². The smallest absolute Gasteiger partial charge is 0.329 e. The van der Waals surface area contributed by atoms with Gasteiger partial charge in [0.1, 0.15) is 12.1 Å². The summed E-state index contributed by atoms with van der Waals surface area (Å²) in [5.74, 6) is -3.00. The van der Waals surface area contributed by atoms with E-state index in [1.807, 2.05) is 60.7 Å². The van der Waals surface area contributed by atoms with E-state index in [4.69, 9.17) is 9.47 Å². The van der Waals surface area contributed by atoms with Crippen molar-refractivity contribution in [3.05, 3.63) is 71.8 Å². The van der Waals surface area contributed by atoms with Crippen molar-refractivity contribution in [2.24, 2.45) is 11.8 Å². The highest BCUT2D eigenvalue weighted by atomic mass is 16.6. The van der Waals surface area contributed by atoms with Gasteiger partial charge < -0.3 is 19.3 Å². The zero-order chi connectivity index (χ0) is 28.0. The summed E-state index contributed by atoms with van der Waals surface area (Å²) in [7, 11) is 3.01. The van der Waals surface area contributed by atoms with Gasteiger partial charge >= 0.3 is 11.9 Å². The number of rotatable bonds is 6. The lowest BCUT2D eigenvalue weighted by atomic mass is 9.98. The minimum atomic E-state index is -1.17. The van der Waals surface area contributed by atoms with E-state index >= 15 is 0 Å². The van der Waals surface area contributed by atoms with Crippen molar-refractivity contribution in [2.45, 2.75) is 64.8 Å². The van der Waals surface area contributed by atoms with Gasteiger partial charge in [0.05, 0.1) is 0 Å². The number of carbonyl (C=O) groups excluding carboxylic acids is 4. The topological polar surface area (TPSA) is 93.2 Å². The maximum Gasteiger partial charge on any atom is 0.329 e. The lowest BCUT2D eigenvalue weighted by Crippen LogP contribution is -2.57. The van der Waals surface area contributed by atoms with Gasteiger partial charge in [-0.3, -0.25) is 9.59 Å². The van der Waals surface area contributed by atoms with E-state index < -0.39 is 48.0 Å². The molecule has 0 N–H and O–H groups in total. The number of ether oxygens (including phenoxy) is 2. The second-order valence-corrected chi connectivity index (χ2v) is 10.5. The summed E-state index contributed by atoms with van der Waals surface area (Å²) >= 11 is 0. The lowest BCUT2D eigenvalue weighted by Gasteiger charge is -2.37. The molecule has 38 heavy (non-hydrogen) atoms. The molecule has 0 aliphatic carbocycles. The Labute approximate surface area is 224 Å². The van der Waals surface area contributed by atoms with Crippen LogP contribution in [0.4, 0.5) is 0 Å². The predicted molar refractivity (Wildman–Crippen MR) is 143 cm³/mol. The molecule has 0 radical (unpaired) electrons. The fourth-order valence-electron chi connectivity index (χ4n) is 4.92. The Balaban J connectivity index is 2.06. The van der Waals surface area contributed by atoms with E-state index in [1.54, 1.807) is 27.7 Å². The first-order chi connectivity index (χ1) is 18.0. The normalized spacial score (nSPS) is 23.7. The van der Waals surface area contributed by atoms with Crippen molar-refractivity contribution in [1.29, 1.82) is 0 Å². The third kappa shape index (κ3) is 6.79. The first-order valence-corrected chi connectivity index (χ1v) is 13.0. The third-order valence-corrected chi connectivity index (χ3v) is 6.87. The summed E-state index contributed by atoms with van der Waals surface area (Å²) in [6, 6.07) is 16.5. The molecule has 1 aliphatic heterocycles. The van der Waals surface area contributed by atoms with Crippen molar-refractivity contribution < 1.29 is 28.7 Å². The fourth-order valence-corrected chi connectivity index (χ4v) is 4.92. The van der Waals surface area contributed by atoms with Crippen LogP contribution in [0.5, 0.6) is 0 Å². The molecule has 2 aromatic carbocycles. The van der Waals surface area contributed by atoms with Crippen LogP contribution in [0.25, 0.3) is 0 Å². The summed E-state index contributed by atoms with van der Waals surface area (Å²) in [5, 5.41) is 0. The molecule has 1 aliphatic rings. The minimum absolute atomic E-state index is 0.134. The molecule has 0 unspecified atom stereocenters. The van der Waals surface area contributed by atoms with Crippen LogP contribution in [0.3, 0.4) is 0 Å². The van der Waals surface area contributed by atoms with Crippen molar-refractivity contribution in [2.75, 3.05) is 14.1 Å². The predicted octanol–water partition coefficient (Wildman–Crippen LogP) is 3.28. The molecule has 2 aromatic rings. The molecule has 0 spiro atoms. The van der Waals surface area contributed by atoms with Gasteiger partial charge in [-0.05, 0) is 23.0 Å². The number of esters is 2. The van der Waals surface area contributed by atoms with Crippen molar-refractivity contribution in [1.82, 2.24) is 9.80 Å². The van der Waals surface area contributed by atoms with Crippen LogP contribution in [0, 0.1) is 11.8 Å². The Hall–Kier alpha value is -3.68. The van der Waals surface area contributed by atoms with E-state index in [2.05, 4.69) is 0 Å². The first-order valence-electron chi connectivity index (χ1n) is 13.0. The second kappa shape index (κ2) is 12.7. The van der Waals surface area contributed by atoms with E-state index in [-0.39, 0.29) is 24.7 Å². The Morgan fingerprint density at radius 3 is 1.21 bits per heavy atom. The quantitative estimate of drug-likeness (QED) is 0.541. The molecule has 0 bridgehead atoms. The molecule has 2 amide bonds. The molecule has 1 saturated heterocycles. The average molecular weight is 523 g/mol. The molecule has 8 heteroatoms. The van der Waals surface area contributed by atoms with Crippen molar-refractivity contribution >= 4 is 23.8 Å². The molecule has 1 fully saturated rings. The molecule has 204 valence electrons. The van der Waals surface area contributed by atoms with Crippen LogP contribution in [0.15, 0.2) is 60.7 Å². The van der Waals surface area contributed by atoms with E-state index in [9.17, 15) is 19.2 Å². The summed E-state index contributed by atoms with van der Waals surface area (Å²) < 4.78 is 11.7. The maximum absolute atomic E-state index is 13.7. The molecular weight excluding hydrogens is 484 g/mol. The highest BCUT2D eigenvalue weighted by Gasteiger charge is 2.43. The standard InChI is InChI=1S/C30H38N2O6/c1-19(2)25-29(35)37-24(18-22-15-11-8-12-16-22)28(34)32(6)26(20(3)4)30(36)38-23(27(33)31(25)5)17-21-13-9-7-10-14-21/h7-16,19-20,23-26H,17-18H2,1-6H3/t23-,24+,25+,26-. The molecular formula is C30H38N2O6. The van der Waals surface area contributed by atoms with Gasteiger partial charge in [0.25, 0.3) is 11.8 Å². The first kappa shape index (κ1) is 28.9. The van der Waals surface area contributed by atoms with E-state index in [0.29, 0.717) is 0 Å². The number of amides is 2. The Morgan fingerprint density at radius 1 is 0.605 bits per heavy atom. The number of hydrogen-bond donors (Lipinski definition) is 0. The van der Waals surface area contributed by atoms with E-state index in [0.717, 1.165) is 11.1 Å². The fraction of sp³-hybridized carbons (Fsp3) is 0.467. The highest BCUT2D eigenvalue weighted by molar-refractivity contribution is 5.93. The van der Waals surface area contributed by atoms with Crippen LogP contribution in [0.1, 0.15) is 38.8 Å².